The van der Waals surface area contributed by atoms with Crippen molar-refractivity contribution >= 4 is 16.1 Å². The molecule has 0 saturated heterocycles. The van der Waals surface area contributed by atoms with E-state index in [2.05, 4.69) is 11.3 Å². The van der Waals surface area contributed by atoms with Crippen molar-refractivity contribution in [1.82, 2.24) is 0 Å². The van der Waals surface area contributed by atoms with Gasteiger partial charge in [0.1, 0.15) is 0 Å². The van der Waals surface area contributed by atoms with Gasteiger partial charge >= 0.3 is 33.4 Å². The number of hydrogen-bond acceptors (Lipinski definition) is 6. The predicted octanol–water partition coefficient (Wildman–Crippen LogP) is 2.95. The molecule has 4 unspecified atom stereocenters. The molecule has 0 aromatic heterocycles. The Morgan fingerprint density at radius 3 is 2.19 bits per heavy atom. The van der Waals surface area contributed by atoms with Crippen molar-refractivity contribution in [2.24, 2.45) is 17.8 Å². The van der Waals surface area contributed by atoms with Crippen molar-refractivity contribution in [3.05, 3.63) is 12.2 Å². The molecule has 0 aromatic rings. The lowest BCUT2D eigenvalue weighted by Gasteiger charge is -2.36. The van der Waals surface area contributed by atoms with Gasteiger partial charge in [0.15, 0.2) is 5.60 Å². The molecule has 2 fully saturated rings. The van der Waals surface area contributed by atoms with Crippen LogP contribution in [0.1, 0.15) is 25.7 Å². The zero-order valence-corrected chi connectivity index (χ0v) is 17.2. The van der Waals surface area contributed by atoms with E-state index >= 15 is 0 Å². The molecule has 0 aromatic carbocycles. The minimum atomic E-state index is -6.37. The smallest absolute Gasteiger partial charge is 0.431 e. The zero-order chi connectivity index (χ0) is 24.8. The Morgan fingerprint density at radius 2 is 1.72 bits per heavy atom. The van der Waals surface area contributed by atoms with Gasteiger partial charge in [0.25, 0.3) is 0 Å². The van der Waals surface area contributed by atoms with Gasteiger partial charge in [0.05, 0.1) is 25.4 Å². The number of hydrogen-bond donors (Lipinski definition) is 2. The van der Waals surface area contributed by atoms with Crippen molar-refractivity contribution in [2.45, 2.75) is 48.6 Å². The molecule has 0 heterocycles. The van der Waals surface area contributed by atoms with E-state index in [1.807, 2.05) is 0 Å². The molecule has 32 heavy (non-hydrogen) atoms. The lowest BCUT2D eigenvalue weighted by Crippen LogP contribution is -2.50. The number of ether oxygens (including phenoxy) is 2. The third kappa shape index (κ3) is 5.04. The molecule has 2 N–H and O–H groups in total. The van der Waals surface area contributed by atoms with Gasteiger partial charge in [-0.15, -0.1) is 0 Å². The first-order chi connectivity index (χ1) is 14.3. The van der Waals surface area contributed by atoms with Crippen LogP contribution in [0.2, 0.25) is 0 Å². The molecule has 4 atom stereocenters. The fourth-order valence-corrected chi connectivity index (χ4v) is 4.52. The first-order valence-electron chi connectivity index (χ1n) is 9.28. The summed E-state index contributed by atoms with van der Waals surface area (Å²) in [5.74, 6) is -8.13. The summed E-state index contributed by atoms with van der Waals surface area (Å²) in [5.41, 5.74) is -3.16. The molecule has 2 aliphatic rings. The normalized spacial score (nSPS) is 28.7. The summed E-state index contributed by atoms with van der Waals surface area (Å²) in [6, 6.07) is 0. The van der Waals surface area contributed by atoms with Gasteiger partial charge in [0, 0.05) is 6.42 Å². The Kier molecular flexibility index (Phi) is 7.30. The summed E-state index contributed by atoms with van der Waals surface area (Å²) >= 11 is 0. The highest BCUT2D eigenvalue weighted by atomic mass is 32.2. The minimum Gasteiger partial charge on any atom is -0.462 e. The van der Waals surface area contributed by atoms with Crippen molar-refractivity contribution < 1.29 is 63.1 Å². The molecule has 2 rings (SSSR count). The Balaban J connectivity index is 1.74. The molecule has 0 aliphatic heterocycles. The van der Waals surface area contributed by atoms with Crippen molar-refractivity contribution in [3.63, 3.8) is 0 Å². The lowest BCUT2D eigenvalue weighted by atomic mass is 9.78. The molecule has 2 bridgehead atoms. The molecule has 186 valence electrons. The first-order valence-corrected chi connectivity index (χ1v) is 10.7. The average molecular weight is 502 g/mol. The second-order valence-electron chi connectivity index (χ2n) is 8.02. The van der Waals surface area contributed by atoms with Crippen LogP contribution in [0, 0.1) is 17.8 Å². The summed E-state index contributed by atoms with van der Waals surface area (Å²) in [5, 5.41) is 4.13. The van der Waals surface area contributed by atoms with Crippen LogP contribution >= 0.6 is 0 Å². The summed E-state index contributed by atoms with van der Waals surface area (Å²) < 4.78 is 130. The lowest BCUT2D eigenvalue weighted by molar-refractivity contribution is -0.279. The van der Waals surface area contributed by atoms with Gasteiger partial charge in [-0.1, -0.05) is 6.58 Å². The Bertz CT molecular complexity index is 843. The maximum atomic E-state index is 13.3. The number of aliphatic hydroxyl groups is 1. The number of carbonyl (C=O) groups is 1. The number of alkyl halides is 7. The largest absolute Gasteiger partial charge is 0.462 e. The molecule has 2 saturated carbocycles. The van der Waals surface area contributed by atoms with Gasteiger partial charge in [-0.05, 0) is 37.0 Å². The SMILES string of the molecule is C=C(COCCC(F)(F)C(F)(F)S(=O)(=O)O)C(=O)OCC1CC2CC1CC2(O)C(F)(F)F. The van der Waals surface area contributed by atoms with Gasteiger partial charge < -0.3 is 14.6 Å². The third-order valence-corrected chi connectivity index (χ3v) is 6.83. The Morgan fingerprint density at radius 1 is 1.12 bits per heavy atom. The second kappa shape index (κ2) is 8.72. The molecule has 15 heteroatoms. The fourth-order valence-electron chi connectivity index (χ4n) is 4.04. The molecule has 0 spiro atoms. The molecule has 0 radical (unpaired) electrons. The van der Waals surface area contributed by atoms with E-state index in [1.54, 1.807) is 0 Å². The third-order valence-electron chi connectivity index (χ3n) is 5.88. The van der Waals surface area contributed by atoms with Crippen LogP contribution in [-0.4, -0.2) is 66.8 Å². The highest BCUT2D eigenvalue weighted by Crippen LogP contribution is 2.59. The number of halogens is 7. The quantitative estimate of drug-likeness (QED) is 0.155. The van der Waals surface area contributed by atoms with E-state index in [1.165, 1.54) is 0 Å². The van der Waals surface area contributed by atoms with Gasteiger partial charge in [-0.25, -0.2) is 4.79 Å². The Hall–Kier alpha value is -1.45. The van der Waals surface area contributed by atoms with Crippen LogP contribution in [0.25, 0.3) is 0 Å². The van der Waals surface area contributed by atoms with Gasteiger partial charge in [-0.3, -0.25) is 4.55 Å². The van der Waals surface area contributed by atoms with Crippen molar-refractivity contribution in [3.8, 4) is 0 Å². The van der Waals surface area contributed by atoms with Gasteiger partial charge in [-0.2, -0.15) is 39.2 Å². The zero-order valence-electron chi connectivity index (χ0n) is 16.4. The molecular formula is C17H21F7O7S. The minimum absolute atomic E-state index is 0.00596. The van der Waals surface area contributed by atoms with Gasteiger partial charge in [0.2, 0.25) is 0 Å². The maximum Gasteiger partial charge on any atom is 0.431 e. The monoisotopic (exact) mass is 502 g/mol. The van der Waals surface area contributed by atoms with Crippen LogP contribution < -0.4 is 0 Å². The molecule has 7 nitrogen and oxygen atoms in total. The van der Waals surface area contributed by atoms with E-state index in [9.17, 15) is 49.1 Å². The standard InChI is InChI=1S/C17H21F7O7S/c1-9(7-30-3-2-15(18,19)17(23,24)32(27,28)29)13(25)31-8-11-5-12-4-10(11)6-14(12,26)16(20,21)22/h10-12,26H,1-8H2,(H,27,28,29). The summed E-state index contributed by atoms with van der Waals surface area (Å²) in [6.07, 6.45) is -6.94. The van der Waals surface area contributed by atoms with Crippen LogP contribution in [0.15, 0.2) is 12.2 Å². The average Bonchev–Trinajstić information content (AvgIpc) is 3.19. The molecule has 2 aliphatic carbocycles. The maximum absolute atomic E-state index is 13.3. The molecule has 0 amide bonds. The van der Waals surface area contributed by atoms with Crippen molar-refractivity contribution in [2.75, 3.05) is 19.8 Å². The van der Waals surface area contributed by atoms with E-state index in [-0.39, 0.29) is 19.4 Å². The number of fused-ring (bicyclic) bond motifs is 2. The van der Waals surface area contributed by atoms with E-state index in [0.717, 1.165) is 0 Å². The number of carbonyl (C=O) groups excluding carboxylic acids is 1. The van der Waals surface area contributed by atoms with Crippen LogP contribution in [0.5, 0.6) is 0 Å². The van der Waals surface area contributed by atoms with Crippen LogP contribution in [-0.2, 0) is 24.4 Å². The highest BCUT2D eigenvalue weighted by Gasteiger charge is 2.67. The number of rotatable bonds is 10. The summed E-state index contributed by atoms with van der Waals surface area (Å²) in [4.78, 5) is 11.9. The summed E-state index contributed by atoms with van der Waals surface area (Å²) in [7, 11) is -6.37. The first kappa shape index (κ1) is 26.8. The van der Waals surface area contributed by atoms with E-state index in [4.69, 9.17) is 9.29 Å². The molecular weight excluding hydrogens is 481 g/mol. The van der Waals surface area contributed by atoms with Crippen LogP contribution in [0.4, 0.5) is 30.7 Å². The predicted molar refractivity (Wildman–Crippen MR) is 92.3 cm³/mol. The van der Waals surface area contributed by atoms with E-state index in [0.29, 0.717) is 0 Å². The van der Waals surface area contributed by atoms with Crippen molar-refractivity contribution in [1.29, 1.82) is 0 Å². The topological polar surface area (TPSA) is 110 Å². The van der Waals surface area contributed by atoms with Crippen LogP contribution in [0.3, 0.4) is 0 Å². The second-order valence-corrected chi connectivity index (χ2v) is 9.48. The fraction of sp³-hybridized carbons (Fsp3) is 0.824. The Labute approximate surface area is 178 Å². The van der Waals surface area contributed by atoms with E-state index < -0.39 is 88.4 Å². The summed E-state index contributed by atoms with van der Waals surface area (Å²) in [6.45, 7) is 1.16. The number of esters is 1. The highest BCUT2D eigenvalue weighted by molar-refractivity contribution is 7.87.